The van der Waals surface area contributed by atoms with E-state index in [1.165, 1.54) is 0 Å². The van der Waals surface area contributed by atoms with Crippen LogP contribution in [0.25, 0.3) is 22.2 Å². The summed E-state index contributed by atoms with van der Waals surface area (Å²) in [4.78, 5) is 32.9. The summed E-state index contributed by atoms with van der Waals surface area (Å²) in [6.45, 7) is 0.332. The van der Waals surface area contributed by atoms with Gasteiger partial charge in [0.1, 0.15) is 0 Å². The maximum Gasteiger partial charge on any atom is 0.252 e. The summed E-state index contributed by atoms with van der Waals surface area (Å²) in [5.41, 5.74) is 9.46. The van der Waals surface area contributed by atoms with Crippen molar-refractivity contribution in [3.05, 3.63) is 95.8 Å². The number of hydrogen-bond donors (Lipinski definition) is 2. The molecule has 0 radical (unpaired) electrons. The van der Waals surface area contributed by atoms with E-state index in [0.29, 0.717) is 23.4 Å². The Morgan fingerprint density at radius 3 is 2.38 bits per heavy atom. The van der Waals surface area contributed by atoms with Crippen molar-refractivity contribution < 1.29 is 9.59 Å². The number of fused-ring (bicyclic) bond motifs is 1. The monoisotopic (exact) mass is 382 g/mol. The highest BCUT2D eigenvalue weighted by Crippen LogP contribution is 2.24. The second-order valence-electron chi connectivity index (χ2n) is 6.55. The average molecular weight is 382 g/mol. The third-order valence-electron chi connectivity index (χ3n) is 4.63. The van der Waals surface area contributed by atoms with Gasteiger partial charge < -0.3 is 11.1 Å². The molecular formula is C23H18N4O2. The highest BCUT2D eigenvalue weighted by Gasteiger charge is 2.14. The van der Waals surface area contributed by atoms with E-state index >= 15 is 0 Å². The first kappa shape index (κ1) is 18.3. The zero-order valence-electron chi connectivity index (χ0n) is 15.5. The molecule has 0 aliphatic carbocycles. The number of hydrogen-bond acceptors (Lipinski definition) is 4. The number of amides is 2. The first-order valence-electron chi connectivity index (χ1n) is 9.09. The fraction of sp³-hybridized carbons (Fsp3) is 0.0435. The Kier molecular flexibility index (Phi) is 4.99. The quantitative estimate of drug-likeness (QED) is 0.553. The number of carbonyl (C=O) groups excluding carboxylic acids is 2. The molecule has 0 fully saturated rings. The number of carbonyl (C=O) groups is 2. The van der Waals surface area contributed by atoms with Crippen molar-refractivity contribution in [1.82, 2.24) is 15.3 Å². The molecule has 0 saturated carbocycles. The Hall–Kier alpha value is -4.06. The van der Waals surface area contributed by atoms with Crippen molar-refractivity contribution in [2.24, 2.45) is 5.73 Å². The fourth-order valence-corrected chi connectivity index (χ4v) is 3.10. The van der Waals surface area contributed by atoms with Gasteiger partial charge in [-0.25, -0.2) is 4.98 Å². The number of rotatable bonds is 5. The Morgan fingerprint density at radius 1 is 0.931 bits per heavy atom. The first-order valence-corrected chi connectivity index (χ1v) is 9.09. The molecule has 0 bridgehead atoms. The molecule has 0 unspecified atom stereocenters. The molecule has 2 aromatic heterocycles. The lowest BCUT2D eigenvalue weighted by molar-refractivity contribution is 0.0950. The number of aromatic nitrogens is 2. The van der Waals surface area contributed by atoms with Crippen LogP contribution < -0.4 is 11.1 Å². The number of nitrogens with zero attached hydrogens (tertiary/aromatic N) is 2. The molecule has 0 atom stereocenters. The highest BCUT2D eigenvalue weighted by atomic mass is 16.2. The lowest BCUT2D eigenvalue weighted by atomic mass is 10.0. The minimum atomic E-state index is -0.479. The number of primary amides is 1. The maximum absolute atomic E-state index is 13.0. The topological polar surface area (TPSA) is 98.0 Å². The van der Waals surface area contributed by atoms with Gasteiger partial charge in [-0.2, -0.15) is 0 Å². The maximum atomic E-state index is 13.0. The van der Waals surface area contributed by atoms with E-state index in [-0.39, 0.29) is 5.91 Å². The number of benzene rings is 2. The van der Waals surface area contributed by atoms with Crippen molar-refractivity contribution in [3.8, 4) is 11.3 Å². The zero-order chi connectivity index (χ0) is 20.2. The molecule has 6 nitrogen and oxygen atoms in total. The summed E-state index contributed by atoms with van der Waals surface area (Å²) in [7, 11) is 0. The molecule has 4 aromatic rings. The van der Waals surface area contributed by atoms with Gasteiger partial charge in [0.15, 0.2) is 0 Å². The van der Waals surface area contributed by atoms with Crippen molar-refractivity contribution in [2.45, 2.75) is 6.54 Å². The van der Waals surface area contributed by atoms with Crippen molar-refractivity contribution in [3.63, 3.8) is 0 Å². The van der Waals surface area contributed by atoms with E-state index in [1.807, 2.05) is 36.4 Å². The standard InChI is InChI=1S/C23H18N4O2/c24-22(28)17-7-5-15(6-8-17)14-26-23(29)19-13-21(16-9-11-25-12-10-16)27-20-4-2-1-3-18(19)20/h1-13H,14H2,(H2,24,28)(H,26,29). The van der Waals surface area contributed by atoms with Crippen LogP contribution in [0.1, 0.15) is 26.3 Å². The number of nitrogens with two attached hydrogens (primary N) is 1. The van der Waals surface area contributed by atoms with Crippen LogP contribution >= 0.6 is 0 Å². The highest BCUT2D eigenvalue weighted by molar-refractivity contribution is 6.07. The van der Waals surface area contributed by atoms with Crippen LogP contribution in [0.4, 0.5) is 0 Å². The van der Waals surface area contributed by atoms with Crippen LogP contribution in [0.15, 0.2) is 79.1 Å². The van der Waals surface area contributed by atoms with Crippen molar-refractivity contribution in [2.75, 3.05) is 0 Å². The molecule has 0 aliphatic heterocycles. The van der Waals surface area contributed by atoms with E-state index in [4.69, 9.17) is 5.73 Å². The van der Waals surface area contributed by atoms with Crippen LogP contribution in [-0.4, -0.2) is 21.8 Å². The molecule has 142 valence electrons. The van der Waals surface area contributed by atoms with Crippen LogP contribution in [0.3, 0.4) is 0 Å². The molecule has 4 rings (SSSR count). The van der Waals surface area contributed by atoms with Gasteiger partial charge >= 0.3 is 0 Å². The largest absolute Gasteiger partial charge is 0.366 e. The number of nitrogens with one attached hydrogen (secondary N) is 1. The van der Waals surface area contributed by atoms with E-state index in [0.717, 1.165) is 22.0 Å². The van der Waals surface area contributed by atoms with Gasteiger partial charge in [-0.1, -0.05) is 30.3 Å². The van der Waals surface area contributed by atoms with Gasteiger partial charge in [-0.3, -0.25) is 14.6 Å². The Balaban J connectivity index is 1.63. The Bertz CT molecular complexity index is 1190. The Morgan fingerprint density at radius 2 is 1.66 bits per heavy atom. The van der Waals surface area contributed by atoms with Gasteiger partial charge in [-0.05, 0) is 42.0 Å². The van der Waals surface area contributed by atoms with Crippen LogP contribution in [-0.2, 0) is 6.54 Å². The molecule has 2 heterocycles. The SMILES string of the molecule is NC(=O)c1ccc(CNC(=O)c2cc(-c3ccncc3)nc3ccccc23)cc1. The van der Waals surface area contributed by atoms with Crippen molar-refractivity contribution in [1.29, 1.82) is 0 Å². The molecule has 0 aliphatic rings. The summed E-state index contributed by atoms with van der Waals surface area (Å²) < 4.78 is 0. The minimum Gasteiger partial charge on any atom is -0.366 e. The molecule has 0 saturated heterocycles. The summed E-state index contributed by atoms with van der Waals surface area (Å²) in [6.07, 6.45) is 3.39. The second-order valence-corrected chi connectivity index (χ2v) is 6.55. The van der Waals surface area contributed by atoms with Gasteiger partial charge in [0, 0.05) is 35.5 Å². The van der Waals surface area contributed by atoms with Gasteiger partial charge in [-0.15, -0.1) is 0 Å². The number of pyridine rings is 2. The van der Waals surface area contributed by atoms with E-state index < -0.39 is 5.91 Å². The summed E-state index contributed by atoms with van der Waals surface area (Å²) in [5.74, 6) is -0.676. The lowest BCUT2D eigenvalue weighted by Gasteiger charge is -2.11. The molecule has 29 heavy (non-hydrogen) atoms. The van der Waals surface area contributed by atoms with E-state index in [1.54, 1.807) is 42.7 Å². The van der Waals surface area contributed by atoms with Crippen LogP contribution in [0.5, 0.6) is 0 Å². The molecule has 2 aromatic carbocycles. The predicted octanol–water partition coefficient (Wildman–Crippen LogP) is 3.33. The minimum absolute atomic E-state index is 0.196. The smallest absolute Gasteiger partial charge is 0.252 e. The summed E-state index contributed by atoms with van der Waals surface area (Å²) in [6, 6.07) is 19.9. The average Bonchev–Trinajstić information content (AvgIpc) is 2.77. The molecule has 0 spiro atoms. The molecule has 3 N–H and O–H groups in total. The number of para-hydroxylation sites is 1. The lowest BCUT2D eigenvalue weighted by Crippen LogP contribution is -2.23. The molecule has 6 heteroatoms. The van der Waals surface area contributed by atoms with Gasteiger partial charge in [0.2, 0.25) is 5.91 Å². The molecule has 2 amide bonds. The molecular weight excluding hydrogens is 364 g/mol. The van der Waals surface area contributed by atoms with E-state index in [9.17, 15) is 9.59 Å². The third kappa shape index (κ3) is 3.96. The first-order chi connectivity index (χ1) is 14.1. The Labute approximate surface area is 167 Å². The zero-order valence-corrected chi connectivity index (χ0v) is 15.5. The normalized spacial score (nSPS) is 10.6. The third-order valence-corrected chi connectivity index (χ3v) is 4.63. The second kappa shape index (κ2) is 7.90. The summed E-state index contributed by atoms with van der Waals surface area (Å²) >= 11 is 0. The fourth-order valence-electron chi connectivity index (χ4n) is 3.10. The van der Waals surface area contributed by atoms with Crippen molar-refractivity contribution >= 4 is 22.7 Å². The summed E-state index contributed by atoms with van der Waals surface area (Å²) in [5, 5.41) is 3.72. The van der Waals surface area contributed by atoms with E-state index in [2.05, 4.69) is 15.3 Å². The van der Waals surface area contributed by atoms with Crippen LogP contribution in [0.2, 0.25) is 0 Å². The van der Waals surface area contributed by atoms with Crippen LogP contribution in [0, 0.1) is 0 Å². The predicted molar refractivity (Wildman–Crippen MR) is 111 cm³/mol. The van der Waals surface area contributed by atoms with Gasteiger partial charge in [0.05, 0.1) is 16.8 Å². The van der Waals surface area contributed by atoms with Gasteiger partial charge in [0.25, 0.3) is 5.91 Å².